The zero-order valence-electron chi connectivity index (χ0n) is 17.9. The molecule has 0 aliphatic carbocycles. The number of benzene rings is 2. The van der Waals surface area contributed by atoms with Crippen LogP contribution in [0.5, 0.6) is 5.75 Å². The molecule has 34 heavy (non-hydrogen) atoms. The number of fused-ring (bicyclic) bond motifs is 1. The van der Waals surface area contributed by atoms with Crippen LogP contribution in [0.1, 0.15) is 29.9 Å². The molecule has 0 spiro atoms. The van der Waals surface area contributed by atoms with E-state index in [0.29, 0.717) is 5.52 Å². The summed E-state index contributed by atoms with van der Waals surface area (Å²) in [6.07, 6.45) is 1.16. The molecule has 9 nitrogen and oxygen atoms in total. The molecule has 12 heteroatoms. The number of H-pyrrole nitrogens is 1. The second-order valence-electron chi connectivity index (χ2n) is 7.25. The summed E-state index contributed by atoms with van der Waals surface area (Å²) in [6.45, 7) is 1.69. The number of methoxy groups -OCH3 is 1. The molecular weight excluding hydrogens is 468 g/mol. The monoisotopic (exact) mass is 485 g/mol. The summed E-state index contributed by atoms with van der Waals surface area (Å²) in [5.74, 6) is -2.61. The summed E-state index contributed by atoms with van der Waals surface area (Å²) < 4.78 is 33.7. The Balaban J connectivity index is 1.73. The van der Waals surface area contributed by atoms with Gasteiger partial charge in [-0.05, 0) is 31.2 Å². The van der Waals surface area contributed by atoms with Crippen LogP contribution < -0.4 is 21.3 Å². The molecule has 0 saturated carbocycles. The summed E-state index contributed by atoms with van der Waals surface area (Å²) in [5, 5.41) is 12.0. The summed E-state index contributed by atoms with van der Waals surface area (Å²) in [6, 6.07) is 6.68. The van der Waals surface area contributed by atoms with Crippen molar-refractivity contribution < 1.29 is 13.5 Å². The number of halogens is 3. The quantitative estimate of drug-likeness (QED) is 0.304. The van der Waals surface area contributed by atoms with Gasteiger partial charge in [-0.3, -0.25) is 10.2 Å². The van der Waals surface area contributed by atoms with Crippen molar-refractivity contribution in [1.29, 1.82) is 5.41 Å². The summed E-state index contributed by atoms with van der Waals surface area (Å²) in [5.41, 5.74) is 5.08. The Hall–Kier alpha value is -4.12. The average Bonchev–Trinajstić information content (AvgIpc) is 2.80. The minimum absolute atomic E-state index is 0.0519. The Bertz CT molecular complexity index is 1490. The highest BCUT2D eigenvalue weighted by Gasteiger charge is 2.24. The maximum atomic E-state index is 14.6. The number of aromatic nitrogens is 4. The molecule has 0 amide bonds. The standard InChI is InChI=1S/C22H18ClF2N7O2/c1-9(20-31-12-5-3-4-11(23)14(12)22(33)32-20)30-21-15(19(27)28-8-29-21)18(26)10-6-7-13(34-2)17(25)16(10)24/h3-9,26H,1-2H3,(H,31,32,33)(H3,27,28,29,30). The van der Waals surface area contributed by atoms with E-state index in [-0.39, 0.29) is 44.7 Å². The van der Waals surface area contributed by atoms with Gasteiger partial charge < -0.3 is 20.8 Å². The van der Waals surface area contributed by atoms with Gasteiger partial charge in [-0.1, -0.05) is 17.7 Å². The molecule has 0 fully saturated rings. The zero-order valence-corrected chi connectivity index (χ0v) is 18.7. The highest BCUT2D eigenvalue weighted by Crippen LogP contribution is 2.29. The van der Waals surface area contributed by atoms with Gasteiger partial charge in [0.25, 0.3) is 5.56 Å². The summed E-state index contributed by atoms with van der Waals surface area (Å²) >= 11 is 6.10. The predicted octanol–water partition coefficient (Wildman–Crippen LogP) is 3.82. The van der Waals surface area contributed by atoms with Crippen molar-refractivity contribution in [2.45, 2.75) is 13.0 Å². The molecule has 2 aromatic heterocycles. The molecule has 0 aliphatic rings. The highest BCUT2D eigenvalue weighted by atomic mass is 35.5. The number of hydrogen-bond acceptors (Lipinski definition) is 8. The fraction of sp³-hybridized carbons (Fsp3) is 0.136. The van der Waals surface area contributed by atoms with Crippen molar-refractivity contribution in [2.75, 3.05) is 18.2 Å². The topological polar surface area (TPSA) is 143 Å². The molecule has 174 valence electrons. The van der Waals surface area contributed by atoms with E-state index in [9.17, 15) is 13.6 Å². The number of rotatable bonds is 6. The van der Waals surface area contributed by atoms with Crippen LogP contribution in [0, 0.1) is 17.0 Å². The fourth-order valence-corrected chi connectivity index (χ4v) is 3.67. The molecule has 1 unspecified atom stereocenters. The van der Waals surface area contributed by atoms with Crippen molar-refractivity contribution >= 4 is 39.9 Å². The van der Waals surface area contributed by atoms with Gasteiger partial charge in [-0.25, -0.2) is 19.3 Å². The van der Waals surface area contributed by atoms with Crippen molar-refractivity contribution in [3.8, 4) is 5.75 Å². The molecule has 0 radical (unpaired) electrons. The molecule has 5 N–H and O–H groups in total. The van der Waals surface area contributed by atoms with Gasteiger partial charge in [0.15, 0.2) is 11.6 Å². The van der Waals surface area contributed by atoms with Gasteiger partial charge in [0.1, 0.15) is 23.8 Å². The molecule has 0 aliphatic heterocycles. The largest absolute Gasteiger partial charge is 0.494 e. The van der Waals surface area contributed by atoms with Crippen LogP contribution in [0.3, 0.4) is 0 Å². The molecule has 2 aromatic carbocycles. The molecule has 1 atom stereocenters. The summed E-state index contributed by atoms with van der Waals surface area (Å²) in [7, 11) is 1.20. The first-order valence-electron chi connectivity index (χ1n) is 9.89. The highest BCUT2D eigenvalue weighted by molar-refractivity contribution is 6.35. The first-order valence-corrected chi connectivity index (χ1v) is 10.3. The lowest BCUT2D eigenvalue weighted by molar-refractivity contribution is 0.371. The molecule has 0 bridgehead atoms. The fourth-order valence-electron chi connectivity index (χ4n) is 3.42. The Kier molecular flexibility index (Phi) is 6.12. The maximum Gasteiger partial charge on any atom is 0.260 e. The third-order valence-electron chi connectivity index (χ3n) is 5.13. The second kappa shape index (κ2) is 9.02. The lowest BCUT2D eigenvalue weighted by atomic mass is 10.0. The minimum Gasteiger partial charge on any atom is -0.494 e. The number of nitrogens with two attached hydrogens (primary N) is 1. The Labute approximate surface area is 196 Å². The van der Waals surface area contributed by atoms with Crippen molar-refractivity contribution in [2.24, 2.45) is 0 Å². The van der Waals surface area contributed by atoms with Gasteiger partial charge in [-0.15, -0.1) is 0 Å². The van der Waals surface area contributed by atoms with E-state index in [2.05, 4.69) is 25.3 Å². The summed E-state index contributed by atoms with van der Waals surface area (Å²) in [4.78, 5) is 27.6. The third kappa shape index (κ3) is 4.01. The van der Waals surface area contributed by atoms with E-state index in [0.717, 1.165) is 6.33 Å². The first-order chi connectivity index (χ1) is 16.2. The van der Waals surface area contributed by atoms with Crippen LogP contribution in [0.15, 0.2) is 41.5 Å². The van der Waals surface area contributed by atoms with Gasteiger partial charge >= 0.3 is 0 Å². The van der Waals surface area contributed by atoms with Crippen LogP contribution >= 0.6 is 11.6 Å². The van der Waals surface area contributed by atoms with Crippen LogP contribution in [0.4, 0.5) is 20.4 Å². The second-order valence-corrected chi connectivity index (χ2v) is 7.66. The van der Waals surface area contributed by atoms with Gasteiger partial charge in [-0.2, -0.15) is 4.39 Å². The van der Waals surface area contributed by atoms with E-state index in [1.807, 2.05) is 0 Å². The van der Waals surface area contributed by atoms with E-state index in [1.54, 1.807) is 25.1 Å². The number of nitrogens with zero attached hydrogens (tertiary/aromatic N) is 3. The van der Waals surface area contributed by atoms with Crippen molar-refractivity contribution in [1.82, 2.24) is 19.9 Å². The number of nitrogen functional groups attached to an aromatic ring is 1. The van der Waals surface area contributed by atoms with Crippen LogP contribution in [-0.4, -0.2) is 32.8 Å². The van der Waals surface area contributed by atoms with Crippen LogP contribution in [0.2, 0.25) is 5.02 Å². The van der Waals surface area contributed by atoms with Gasteiger partial charge in [0.2, 0.25) is 5.82 Å². The molecular formula is C22H18ClF2N7O2. The number of anilines is 2. The lowest BCUT2D eigenvalue weighted by Crippen LogP contribution is -2.21. The third-order valence-corrected chi connectivity index (χ3v) is 5.44. The van der Waals surface area contributed by atoms with Crippen molar-refractivity contribution in [3.05, 3.63) is 80.6 Å². The normalized spacial score (nSPS) is 11.9. The van der Waals surface area contributed by atoms with Crippen LogP contribution in [-0.2, 0) is 0 Å². The molecule has 4 aromatic rings. The predicted molar refractivity (Wildman–Crippen MR) is 125 cm³/mol. The lowest BCUT2D eigenvalue weighted by Gasteiger charge is -2.18. The Morgan fingerprint density at radius 3 is 2.74 bits per heavy atom. The average molecular weight is 486 g/mol. The Morgan fingerprint density at radius 2 is 2.00 bits per heavy atom. The number of hydrogen-bond donors (Lipinski definition) is 4. The van der Waals surface area contributed by atoms with E-state index in [1.165, 1.54) is 19.2 Å². The molecule has 2 heterocycles. The van der Waals surface area contributed by atoms with Crippen LogP contribution in [0.25, 0.3) is 10.9 Å². The number of ether oxygens (including phenoxy) is 1. The first kappa shape index (κ1) is 23.1. The SMILES string of the molecule is COc1ccc(C(=N)c2c(N)ncnc2NC(C)c2nc3cccc(Cl)c3c(=O)[nH]2)c(F)c1F. The Morgan fingerprint density at radius 1 is 1.24 bits per heavy atom. The van der Waals surface area contributed by atoms with Gasteiger partial charge in [0.05, 0.1) is 40.4 Å². The molecule has 4 rings (SSSR count). The molecule has 0 saturated heterocycles. The van der Waals surface area contributed by atoms with E-state index in [4.69, 9.17) is 27.5 Å². The van der Waals surface area contributed by atoms with Crippen molar-refractivity contribution in [3.63, 3.8) is 0 Å². The van der Waals surface area contributed by atoms with Gasteiger partial charge in [0, 0.05) is 5.56 Å². The number of nitrogens with one attached hydrogen (secondary N) is 3. The zero-order chi connectivity index (χ0) is 24.6. The van der Waals surface area contributed by atoms with E-state index >= 15 is 0 Å². The van der Waals surface area contributed by atoms with E-state index < -0.39 is 28.9 Å². The maximum absolute atomic E-state index is 14.6. The smallest absolute Gasteiger partial charge is 0.260 e. The minimum atomic E-state index is -1.27. The number of aromatic amines is 1.